The molecule has 3 nitrogen and oxygen atoms in total. The van der Waals surface area contributed by atoms with E-state index in [1.165, 1.54) is 0 Å². The number of nitrogens with two attached hydrogens (primary N) is 1. The molecule has 0 bridgehead atoms. The van der Waals surface area contributed by atoms with E-state index in [-0.39, 0.29) is 5.75 Å². The molecule has 1 aromatic heterocycles. The number of fused-ring (bicyclic) bond motifs is 1. The summed E-state index contributed by atoms with van der Waals surface area (Å²) in [5, 5.41) is 10.4. The van der Waals surface area contributed by atoms with Crippen molar-refractivity contribution in [2.45, 2.75) is 0 Å². The maximum Gasteiger partial charge on any atom is 0.117 e. The first-order valence-electron chi connectivity index (χ1n) is 5.67. The molecule has 0 radical (unpaired) electrons. The molecule has 18 heavy (non-hydrogen) atoms. The van der Waals surface area contributed by atoms with Gasteiger partial charge in [-0.3, -0.25) is 4.98 Å². The SMILES string of the molecule is Nc1ccc(-c2cnc3cc(O)ccc3c2)cc1. The summed E-state index contributed by atoms with van der Waals surface area (Å²) in [6.07, 6.45) is 1.80. The number of phenols is 1. The quantitative estimate of drug-likeness (QED) is 0.638. The number of phenolic OH excluding ortho intramolecular Hbond substituents is 1. The van der Waals surface area contributed by atoms with Gasteiger partial charge in [0.25, 0.3) is 0 Å². The summed E-state index contributed by atoms with van der Waals surface area (Å²) in [4.78, 5) is 4.35. The summed E-state index contributed by atoms with van der Waals surface area (Å²) >= 11 is 0. The Morgan fingerprint density at radius 2 is 1.67 bits per heavy atom. The molecule has 0 saturated heterocycles. The fraction of sp³-hybridized carbons (Fsp3) is 0. The first kappa shape index (κ1) is 10.6. The first-order chi connectivity index (χ1) is 8.72. The molecule has 0 aliphatic rings. The average Bonchev–Trinajstić information content (AvgIpc) is 2.39. The molecule has 3 N–H and O–H groups in total. The lowest BCUT2D eigenvalue weighted by Crippen LogP contribution is -1.85. The van der Waals surface area contributed by atoms with E-state index in [0.717, 1.165) is 27.7 Å². The average molecular weight is 236 g/mol. The fourth-order valence-corrected chi connectivity index (χ4v) is 1.94. The van der Waals surface area contributed by atoms with E-state index >= 15 is 0 Å². The summed E-state index contributed by atoms with van der Waals surface area (Å²) in [6.45, 7) is 0. The van der Waals surface area contributed by atoms with Crippen LogP contribution in [0.3, 0.4) is 0 Å². The Kier molecular flexibility index (Phi) is 2.38. The summed E-state index contributed by atoms with van der Waals surface area (Å²) in [6, 6.07) is 14.9. The van der Waals surface area contributed by atoms with Crippen molar-refractivity contribution >= 4 is 16.6 Å². The fourth-order valence-electron chi connectivity index (χ4n) is 1.94. The zero-order chi connectivity index (χ0) is 12.5. The summed E-state index contributed by atoms with van der Waals surface area (Å²) < 4.78 is 0. The van der Waals surface area contributed by atoms with E-state index in [1.54, 1.807) is 18.3 Å². The highest BCUT2D eigenvalue weighted by Crippen LogP contribution is 2.25. The first-order valence-corrected chi connectivity index (χ1v) is 5.67. The van der Waals surface area contributed by atoms with Crippen molar-refractivity contribution in [1.29, 1.82) is 0 Å². The lowest BCUT2D eigenvalue weighted by molar-refractivity contribution is 0.476. The Hall–Kier alpha value is -2.55. The molecule has 0 fully saturated rings. The second kappa shape index (κ2) is 4.04. The van der Waals surface area contributed by atoms with Gasteiger partial charge in [0.05, 0.1) is 5.52 Å². The van der Waals surface area contributed by atoms with Crippen LogP contribution in [0.25, 0.3) is 22.0 Å². The van der Waals surface area contributed by atoms with E-state index in [9.17, 15) is 5.11 Å². The van der Waals surface area contributed by atoms with Crippen LogP contribution in [0, 0.1) is 0 Å². The van der Waals surface area contributed by atoms with Crippen LogP contribution >= 0.6 is 0 Å². The molecule has 0 saturated carbocycles. The van der Waals surface area contributed by atoms with Crippen LogP contribution in [0.2, 0.25) is 0 Å². The van der Waals surface area contributed by atoms with E-state index in [4.69, 9.17) is 5.73 Å². The minimum absolute atomic E-state index is 0.232. The Morgan fingerprint density at radius 3 is 2.44 bits per heavy atom. The normalized spacial score (nSPS) is 10.7. The van der Waals surface area contributed by atoms with Crippen LogP contribution in [-0.4, -0.2) is 10.1 Å². The summed E-state index contributed by atoms with van der Waals surface area (Å²) in [7, 11) is 0. The Bertz CT molecular complexity index is 705. The van der Waals surface area contributed by atoms with Gasteiger partial charge >= 0.3 is 0 Å². The lowest BCUT2D eigenvalue weighted by atomic mass is 10.1. The molecule has 88 valence electrons. The molecular formula is C15H12N2O. The number of aromatic hydroxyl groups is 1. The van der Waals surface area contributed by atoms with Crippen LogP contribution in [0.1, 0.15) is 0 Å². The number of benzene rings is 2. The minimum Gasteiger partial charge on any atom is -0.508 e. The van der Waals surface area contributed by atoms with Crippen LogP contribution in [-0.2, 0) is 0 Å². The van der Waals surface area contributed by atoms with Crippen LogP contribution in [0.4, 0.5) is 5.69 Å². The number of rotatable bonds is 1. The van der Waals surface area contributed by atoms with Crippen molar-refractivity contribution in [3.8, 4) is 16.9 Å². The topological polar surface area (TPSA) is 59.1 Å². The number of aromatic nitrogens is 1. The maximum atomic E-state index is 9.39. The molecule has 3 heteroatoms. The number of pyridine rings is 1. The molecule has 0 aliphatic heterocycles. The molecule has 0 spiro atoms. The van der Waals surface area contributed by atoms with Gasteiger partial charge in [-0.15, -0.1) is 0 Å². The third-order valence-corrected chi connectivity index (χ3v) is 2.91. The largest absolute Gasteiger partial charge is 0.508 e. The van der Waals surface area contributed by atoms with Crippen molar-refractivity contribution in [3.05, 3.63) is 54.7 Å². The number of anilines is 1. The molecule has 3 aromatic rings. The van der Waals surface area contributed by atoms with Crippen LogP contribution in [0.15, 0.2) is 54.7 Å². The number of hydrogen-bond acceptors (Lipinski definition) is 3. The maximum absolute atomic E-state index is 9.39. The van der Waals surface area contributed by atoms with Gasteiger partial charge in [0, 0.05) is 28.9 Å². The van der Waals surface area contributed by atoms with Gasteiger partial charge in [0.1, 0.15) is 5.75 Å². The molecular weight excluding hydrogens is 224 g/mol. The monoisotopic (exact) mass is 236 g/mol. The van der Waals surface area contributed by atoms with Gasteiger partial charge in [-0.2, -0.15) is 0 Å². The van der Waals surface area contributed by atoms with Gasteiger partial charge < -0.3 is 10.8 Å². The third kappa shape index (κ3) is 1.86. The van der Waals surface area contributed by atoms with Gasteiger partial charge in [-0.1, -0.05) is 12.1 Å². The van der Waals surface area contributed by atoms with Crippen LogP contribution < -0.4 is 5.73 Å². The standard InChI is InChI=1S/C15H12N2O/c16-13-4-1-10(2-5-13)12-7-11-3-6-14(18)8-15(11)17-9-12/h1-9,18H,16H2. The molecule has 0 unspecified atom stereocenters. The zero-order valence-corrected chi connectivity index (χ0v) is 9.67. The zero-order valence-electron chi connectivity index (χ0n) is 9.67. The second-order valence-corrected chi connectivity index (χ2v) is 4.22. The highest BCUT2D eigenvalue weighted by Gasteiger charge is 2.01. The summed E-state index contributed by atoms with van der Waals surface area (Å²) in [5.41, 5.74) is 9.31. The number of nitrogen functional groups attached to an aromatic ring is 1. The molecule has 2 aromatic carbocycles. The van der Waals surface area contributed by atoms with E-state index in [0.29, 0.717) is 0 Å². The highest BCUT2D eigenvalue weighted by molar-refractivity contribution is 5.84. The minimum atomic E-state index is 0.232. The molecule has 0 aliphatic carbocycles. The Labute approximate surface area is 105 Å². The molecule has 1 heterocycles. The van der Waals surface area contributed by atoms with E-state index in [1.807, 2.05) is 36.4 Å². The van der Waals surface area contributed by atoms with Crippen LogP contribution in [0.5, 0.6) is 5.75 Å². The predicted octanol–water partition coefficient (Wildman–Crippen LogP) is 3.19. The van der Waals surface area contributed by atoms with Crippen molar-refractivity contribution in [2.75, 3.05) is 5.73 Å². The highest BCUT2D eigenvalue weighted by atomic mass is 16.3. The molecule has 0 amide bonds. The third-order valence-electron chi connectivity index (χ3n) is 2.91. The number of nitrogens with zero attached hydrogens (tertiary/aromatic N) is 1. The van der Waals surface area contributed by atoms with Crippen molar-refractivity contribution in [3.63, 3.8) is 0 Å². The Balaban J connectivity index is 2.13. The Morgan fingerprint density at radius 1 is 0.889 bits per heavy atom. The van der Waals surface area contributed by atoms with Gasteiger partial charge in [-0.05, 0) is 35.9 Å². The van der Waals surface area contributed by atoms with Gasteiger partial charge in [-0.25, -0.2) is 0 Å². The second-order valence-electron chi connectivity index (χ2n) is 4.22. The molecule has 3 rings (SSSR count). The smallest absolute Gasteiger partial charge is 0.117 e. The molecule has 0 atom stereocenters. The van der Waals surface area contributed by atoms with Gasteiger partial charge in [0.2, 0.25) is 0 Å². The van der Waals surface area contributed by atoms with E-state index < -0.39 is 0 Å². The van der Waals surface area contributed by atoms with Gasteiger partial charge in [0.15, 0.2) is 0 Å². The van der Waals surface area contributed by atoms with Crippen molar-refractivity contribution < 1.29 is 5.11 Å². The van der Waals surface area contributed by atoms with Crippen molar-refractivity contribution in [1.82, 2.24) is 4.98 Å². The summed E-state index contributed by atoms with van der Waals surface area (Å²) in [5.74, 6) is 0.232. The van der Waals surface area contributed by atoms with E-state index in [2.05, 4.69) is 4.98 Å². The van der Waals surface area contributed by atoms with Crippen molar-refractivity contribution in [2.24, 2.45) is 0 Å². The number of hydrogen-bond donors (Lipinski definition) is 2. The lowest BCUT2D eigenvalue weighted by Gasteiger charge is -2.04. The predicted molar refractivity (Wildman–Crippen MR) is 73.3 cm³/mol.